The third-order valence-electron chi connectivity index (χ3n) is 3.22. The van der Waals surface area contributed by atoms with Crippen molar-refractivity contribution in [2.45, 2.75) is 13.5 Å². The minimum atomic E-state index is -0.197. The van der Waals surface area contributed by atoms with Gasteiger partial charge in [0.25, 0.3) is 5.91 Å². The highest BCUT2D eigenvalue weighted by atomic mass is 35.5. The number of aryl methyl sites for hydroxylation is 1. The van der Waals surface area contributed by atoms with E-state index in [0.29, 0.717) is 28.6 Å². The highest BCUT2D eigenvalue weighted by molar-refractivity contribution is 6.32. The number of hydrogen-bond donors (Lipinski definition) is 1. The van der Waals surface area contributed by atoms with Gasteiger partial charge in [-0.3, -0.25) is 4.79 Å². The van der Waals surface area contributed by atoms with Gasteiger partial charge < -0.3 is 14.8 Å². The van der Waals surface area contributed by atoms with Crippen LogP contribution in [0.5, 0.6) is 11.5 Å². The summed E-state index contributed by atoms with van der Waals surface area (Å²) in [7, 11) is 0. The Bertz CT molecular complexity index is 700. The van der Waals surface area contributed by atoms with E-state index in [0.717, 1.165) is 11.1 Å². The number of hydrogen-bond acceptors (Lipinski definition) is 3. The summed E-state index contributed by atoms with van der Waals surface area (Å²) in [5.74, 6) is 0.798. The summed E-state index contributed by atoms with van der Waals surface area (Å²) in [6.45, 7) is 2.61. The first-order chi connectivity index (χ1) is 10.1. The van der Waals surface area contributed by atoms with Crippen LogP contribution in [0.25, 0.3) is 0 Å². The molecule has 4 nitrogen and oxygen atoms in total. The van der Waals surface area contributed by atoms with Gasteiger partial charge in [0.05, 0.1) is 5.02 Å². The van der Waals surface area contributed by atoms with Crippen molar-refractivity contribution in [2.75, 3.05) is 6.79 Å². The minimum Gasteiger partial charge on any atom is -0.454 e. The van der Waals surface area contributed by atoms with Crippen LogP contribution in [0.2, 0.25) is 5.02 Å². The first-order valence-electron chi connectivity index (χ1n) is 6.56. The predicted octanol–water partition coefficient (Wildman–Crippen LogP) is 3.31. The van der Waals surface area contributed by atoms with Crippen LogP contribution >= 0.6 is 11.6 Å². The summed E-state index contributed by atoms with van der Waals surface area (Å²) >= 11 is 6.07. The third-order valence-corrected chi connectivity index (χ3v) is 3.51. The van der Waals surface area contributed by atoms with Crippen molar-refractivity contribution < 1.29 is 14.3 Å². The summed E-state index contributed by atoms with van der Waals surface area (Å²) < 4.78 is 10.5. The van der Waals surface area contributed by atoms with E-state index in [1.807, 2.05) is 31.2 Å². The highest BCUT2D eigenvalue weighted by Crippen LogP contribution is 2.39. The van der Waals surface area contributed by atoms with Crippen molar-refractivity contribution in [1.29, 1.82) is 0 Å². The normalized spacial score (nSPS) is 12.3. The third kappa shape index (κ3) is 2.95. The molecule has 1 aliphatic heterocycles. The molecular weight excluding hydrogens is 290 g/mol. The molecule has 0 spiro atoms. The Morgan fingerprint density at radius 3 is 2.95 bits per heavy atom. The molecule has 0 saturated heterocycles. The molecule has 21 heavy (non-hydrogen) atoms. The Morgan fingerprint density at radius 1 is 1.29 bits per heavy atom. The molecule has 0 bridgehead atoms. The number of rotatable bonds is 3. The molecule has 2 aromatic rings. The fraction of sp³-hybridized carbons (Fsp3) is 0.188. The number of nitrogens with one attached hydrogen (secondary N) is 1. The second-order valence-corrected chi connectivity index (χ2v) is 5.27. The first-order valence-corrected chi connectivity index (χ1v) is 6.94. The topological polar surface area (TPSA) is 47.6 Å². The molecule has 2 aromatic carbocycles. The highest BCUT2D eigenvalue weighted by Gasteiger charge is 2.20. The van der Waals surface area contributed by atoms with Crippen molar-refractivity contribution in [2.24, 2.45) is 0 Å². The van der Waals surface area contributed by atoms with Crippen LogP contribution in [0, 0.1) is 6.92 Å². The lowest BCUT2D eigenvalue weighted by Gasteiger charge is -2.08. The Labute approximate surface area is 127 Å². The number of benzene rings is 2. The van der Waals surface area contributed by atoms with Gasteiger partial charge in [0.15, 0.2) is 11.5 Å². The molecule has 1 amide bonds. The molecule has 1 aliphatic rings. The maximum absolute atomic E-state index is 12.2. The van der Waals surface area contributed by atoms with Crippen LogP contribution < -0.4 is 14.8 Å². The molecule has 0 radical (unpaired) electrons. The van der Waals surface area contributed by atoms with Gasteiger partial charge in [0.1, 0.15) is 0 Å². The Hall–Kier alpha value is -2.20. The quantitative estimate of drug-likeness (QED) is 0.946. The molecule has 0 unspecified atom stereocenters. The van der Waals surface area contributed by atoms with Crippen LogP contribution in [0.15, 0.2) is 36.4 Å². The van der Waals surface area contributed by atoms with Crippen molar-refractivity contribution >= 4 is 17.5 Å². The molecule has 0 fully saturated rings. The molecule has 5 heteroatoms. The number of ether oxygens (including phenoxy) is 2. The summed E-state index contributed by atoms with van der Waals surface area (Å²) in [6, 6.07) is 11.2. The zero-order chi connectivity index (χ0) is 14.8. The van der Waals surface area contributed by atoms with Gasteiger partial charge in [-0.25, -0.2) is 0 Å². The molecule has 0 aliphatic carbocycles. The number of halogens is 1. The maximum Gasteiger partial charge on any atom is 0.251 e. The van der Waals surface area contributed by atoms with Crippen LogP contribution in [0.1, 0.15) is 21.5 Å². The fourth-order valence-electron chi connectivity index (χ4n) is 2.20. The van der Waals surface area contributed by atoms with Gasteiger partial charge in [-0.1, -0.05) is 41.4 Å². The second-order valence-electron chi connectivity index (χ2n) is 4.86. The van der Waals surface area contributed by atoms with Gasteiger partial charge in [-0.2, -0.15) is 0 Å². The number of amides is 1. The number of carbonyl (C=O) groups excluding carboxylic acids is 1. The van der Waals surface area contributed by atoms with Gasteiger partial charge in [0.2, 0.25) is 6.79 Å². The summed E-state index contributed by atoms with van der Waals surface area (Å²) in [4.78, 5) is 12.2. The lowest BCUT2D eigenvalue weighted by atomic mass is 10.1. The molecule has 0 saturated carbocycles. The number of fused-ring (bicyclic) bond motifs is 1. The van der Waals surface area contributed by atoms with E-state index in [-0.39, 0.29) is 12.7 Å². The standard InChI is InChI=1S/C16H14ClNO3/c1-10-3-2-4-11(5-10)8-18-16(19)12-6-13(17)15-14(7-12)20-9-21-15/h2-7H,8-9H2,1H3,(H,18,19). The van der Waals surface area contributed by atoms with Crippen LogP contribution in [0.4, 0.5) is 0 Å². The molecule has 108 valence electrons. The van der Waals surface area contributed by atoms with Gasteiger partial charge in [0, 0.05) is 12.1 Å². The lowest BCUT2D eigenvalue weighted by Crippen LogP contribution is -2.22. The Balaban J connectivity index is 1.73. The van der Waals surface area contributed by atoms with E-state index in [1.54, 1.807) is 12.1 Å². The summed E-state index contributed by atoms with van der Waals surface area (Å²) in [5, 5.41) is 3.25. The van der Waals surface area contributed by atoms with Crippen molar-refractivity contribution in [3.05, 3.63) is 58.1 Å². The van der Waals surface area contributed by atoms with E-state index in [9.17, 15) is 4.79 Å². The van der Waals surface area contributed by atoms with Crippen LogP contribution in [-0.4, -0.2) is 12.7 Å². The van der Waals surface area contributed by atoms with Crippen molar-refractivity contribution in [1.82, 2.24) is 5.32 Å². The zero-order valence-electron chi connectivity index (χ0n) is 11.5. The molecule has 0 atom stereocenters. The van der Waals surface area contributed by atoms with Crippen LogP contribution in [-0.2, 0) is 6.54 Å². The molecule has 0 aromatic heterocycles. The summed E-state index contributed by atoms with van der Waals surface area (Å²) in [5.41, 5.74) is 2.67. The Kier molecular flexibility index (Phi) is 3.71. The molecule has 1 N–H and O–H groups in total. The maximum atomic E-state index is 12.2. The fourth-order valence-corrected chi connectivity index (χ4v) is 2.47. The first kappa shape index (κ1) is 13.8. The average molecular weight is 304 g/mol. The van der Waals surface area contributed by atoms with Crippen molar-refractivity contribution in [3.63, 3.8) is 0 Å². The van der Waals surface area contributed by atoms with E-state index in [1.165, 1.54) is 0 Å². The lowest BCUT2D eigenvalue weighted by molar-refractivity contribution is 0.0950. The molecule has 1 heterocycles. The molecular formula is C16H14ClNO3. The summed E-state index contributed by atoms with van der Waals surface area (Å²) in [6.07, 6.45) is 0. The van der Waals surface area contributed by atoms with Gasteiger partial charge >= 0.3 is 0 Å². The smallest absolute Gasteiger partial charge is 0.251 e. The monoisotopic (exact) mass is 303 g/mol. The van der Waals surface area contributed by atoms with Gasteiger partial charge in [-0.05, 0) is 24.6 Å². The largest absolute Gasteiger partial charge is 0.454 e. The minimum absolute atomic E-state index is 0.128. The zero-order valence-corrected chi connectivity index (χ0v) is 12.2. The predicted molar refractivity (Wildman–Crippen MR) is 79.9 cm³/mol. The van der Waals surface area contributed by atoms with E-state index < -0.39 is 0 Å². The van der Waals surface area contributed by atoms with E-state index in [4.69, 9.17) is 21.1 Å². The Morgan fingerprint density at radius 2 is 2.14 bits per heavy atom. The average Bonchev–Trinajstić information content (AvgIpc) is 2.94. The van der Waals surface area contributed by atoms with Gasteiger partial charge in [-0.15, -0.1) is 0 Å². The van der Waals surface area contributed by atoms with E-state index >= 15 is 0 Å². The number of carbonyl (C=O) groups is 1. The second kappa shape index (κ2) is 5.66. The molecule has 3 rings (SSSR count). The van der Waals surface area contributed by atoms with Crippen molar-refractivity contribution in [3.8, 4) is 11.5 Å². The SMILES string of the molecule is Cc1cccc(CNC(=O)c2cc(Cl)c3c(c2)OCO3)c1. The van der Waals surface area contributed by atoms with Crippen LogP contribution in [0.3, 0.4) is 0 Å². The van der Waals surface area contributed by atoms with E-state index in [2.05, 4.69) is 5.32 Å².